The van der Waals surface area contributed by atoms with Crippen molar-refractivity contribution in [3.8, 4) is 0 Å². The van der Waals surface area contributed by atoms with Crippen LogP contribution in [0.5, 0.6) is 0 Å². The molecular formula is C21H24N4O4S. The Balaban J connectivity index is 1.26. The minimum absolute atomic E-state index is 0.0723. The minimum Gasteiger partial charge on any atom is -0.467 e. The van der Waals surface area contributed by atoms with Crippen LogP contribution in [-0.2, 0) is 35.5 Å². The molecule has 158 valence electrons. The van der Waals surface area contributed by atoms with Gasteiger partial charge in [-0.1, -0.05) is 0 Å². The molecule has 1 aliphatic carbocycles. The van der Waals surface area contributed by atoms with Crippen LogP contribution in [0.15, 0.2) is 33.9 Å². The molecule has 0 bridgehead atoms. The highest BCUT2D eigenvalue weighted by molar-refractivity contribution is 7.18. The van der Waals surface area contributed by atoms with Crippen molar-refractivity contribution in [3.05, 3.63) is 51.3 Å². The molecule has 0 saturated heterocycles. The summed E-state index contributed by atoms with van der Waals surface area (Å²) < 4.78 is 6.53. The van der Waals surface area contributed by atoms with Gasteiger partial charge in [-0.2, -0.15) is 0 Å². The van der Waals surface area contributed by atoms with Gasteiger partial charge in [0, 0.05) is 17.8 Å². The molecule has 0 atom stereocenters. The predicted octanol–water partition coefficient (Wildman–Crippen LogP) is 2.14. The molecular weight excluding hydrogens is 404 g/mol. The lowest BCUT2D eigenvalue weighted by atomic mass is 9.97. The number of amides is 2. The van der Waals surface area contributed by atoms with E-state index in [9.17, 15) is 14.4 Å². The van der Waals surface area contributed by atoms with Crippen molar-refractivity contribution in [2.24, 2.45) is 0 Å². The van der Waals surface area contributed by atoms with E-state index in [0.717, 1.165) is 36.1 Å². The van der Waals surface area contributed by atoms with Crippen molar-refractivity contribution in [1.82, 2.24) is 20.2 Å². The summed E-state index contributed by atoms with van der Waals surface area (Å²) in [5.74, 6) is 0.326. The van der Waals surface area contributed by atoms with Crippen molar-refractivity contribution in [3.63, 3.8) is 0 Å². The number of furan rings is 1. The lowest BCUT2D eigenvalue weighted by Crippen LogP contribution is -2.33. The molecule has 0 saturated carbocycles. The van der Waals surface area contributed by atoms with Gasteiger partial charge in [0.25, 0.3) is 5.56 Å². The van der Waals surface area contributed by atoms with Gasteiger partial charge in [-0.15, -0.1) is 11.3 Å². The number of rotatable bonds is 8. The summed E-state index contributed by atoms with van der Waals surface area (Å²) in [4.78, 5) is 43.4. The van der Waals surface area contributed by atoms with Gasteiger partial charge in [-0.3, -0.25) is 19.0 Å². The Morgan fingerprint density at radius 3 is 2.90 bits per heavy atom. The second kappa shape index (κ2) is 9.25. The number of carbonyl (C=O) groups is 2. The number of nitrogens with zero attached hydrogens (tertiary/aromatic N) is 2. The first-order valence-corrected chi connectivity index (χ1v) is 11.0. The van der Waals surface area contributed by atoms with Crippen LogP contribution in [0.3, 0.4) is 0 Å². The molecule has 8 nitrogen and oxygen atoms in total. The predicted molar refractivity (Wildman–Crippen MR) is 113 cm³/mol. The average Bonchev–Trinajstić information content (AvgIpc) is 3.39. The maximum atomic E-state index is 12.9. The quantitative estimate of drug-likeness (QED) is 0.535. The highest BCUT2D eigenvalue weighted by Crippen LogP contribution is 2.33. The third-order valence-corrected chi connectivity index (χ3v) is 6.40. The lowest BCUT2D eigenvalue weighted by Gasteiger charge is -2.10. The van der Waals surface area contributed by atoms with Crippen LogP contribution in [0.1, 0.15) is 41.9 Å². The average molecular weight is 429 g/mol. The Morgan fingerprint density at radius 2 is 2.07 bits per heavy atom. The zero-order chi connectivity index (χ0) is 20.9. The molecule has 0 radical (unpaired) electrons. The minimum atomic E-state index is -0.265. The van der Waals surface area contributed by atoms with Gasteiger partial charge in [0.05, 0.1) is 24.5 Å². The van der Waals surface area contributed by atoms with Gasteiger partial charge in [-0.25, -0.2) is 4.98 Å². The number of aromatic nitrogens is 2. The molecule has 1 aliphatic rings. The Kier molecular flexibility index (Phi) is 6.27. The van der Waals surface area contributed by atoms with E-state index in [0.29, 0.717) is 37.1 Å². The summed E-state index contributed by atoms with van der Waals surface area (Å²) in [6.45, 7) is 0.644. The number of hydrogen-bond donors (Lipinski definition) is 2. The van der Waals surface area contributed by atoms with Gasteiger partial charge in [-0.05, 0) is 49.8 Å². The number of hydrogen-bond acceptors (Lipinski definition) is 6. The van der Waals surface area contributed by atoms with Gasteiger partial charge in [0.15, 0.2) is 0 Å². The number of carbonyl (C=O) groups excluding carboxylic acids is 2. The van der Waals surface area contributed by atoms with E-state index in [4.69, 9.17) is 4.42 Å². The first-order valence-electron chi connectivity index (χ1n) is 10.2. The van der Waals surface area contributed by atoms with Crippen LogP contribution in [0.2, 0.25) is 0 Å². The van der Waals surface area contributed by atoms with Crippen molar-refractivity contribution >= 4 is 33.4 Å². The number of nitrogens with one attached hydrogen (secondary N) is 2. The smallest absolute Gasteiger partial charge is 0.262 e. The van der Waals surface area contributed by atoms with Crippen molar-refractivity contribution in [1.29, 1.82) is 0 Å². The van der Waals surface area contributed by atoms with Gasteiger partial charge in [0.1, 0.15) is 17.1 Å². The summed E-state index contributed by atoms with van der Waals surface area (Å²) in [7, 11) is 0. The maximum absolute atomic E-state index is 12.9. The molecule has 30 heavy (non-hydrogen) atoms. The Hall–Kier alpha value is -2.94. The number of fused-ring (bicyclic) bond motifs is 3. The van der Waals surface area contributed by atoms with E-state index in [2.05, 4.69) is 15.6 Å². The van der Waals surface area contributed by atoms with Gasteiger partial charge < -0.3 is 15.1 Å². The zero-order valence-electron chi connectivity index (χ0n) is 16.6. The third kappa shape index (κ3) is 4.62. The summed E-state index contributed by atoms with van der Waals surface area (Å²) in [6, 6.07) is 3.56. The largest absolute Gasteiger partial charge is 0.467 e. The lowest BCUT2D eigenvalue weighted by molar-refractivity contribution is -0.123. The second-order valence-electron chi connectivity index (χ2n) is 7.38. The molecule has 0 aliphatic heterocycles. The molecule has 3 aromatic rings. The summed E-state index contributed by atoms with van der Waals surface area (Å²) in [5.41, 5.74) is 0.973. The normalized spacial score (nSPS) is 13.2. The van der Waals surface area contributed by atoms with Crippen molar-refractivity contribution in [2.45, 2.75) is 51.6 Å². The highest BCUT2D eigenvalue weighted by atomic mass is 32.1. The van der Waals surface area contributed by atoms with Gasteiger partial charge >= 0.3 is 0 Å². The summed E-state index contributed by atoms with van der Waals surface area (Å²) in [5, 5.41) is 6.21. The fourth-order valence-corrected chi connectivity index (χ4v) is 4.89. The van der Waals surface area contributed by atoms with Crippen LogP contribution >= 0.6 is 11.3 Å². The molecule has 3 heterocycles. The Morgan fingerprint density at radius 1 is 1.20 bits per heavy atom. The second-order valence-corrected chi connectivity index (χ2v) is 8.46. The molecule has 9 heteroatoms. The van der Waals surface area contributed by atoms with Crippen LogP contribution in [0, 0.1) is 0 Å². The monoisotopic (exact) mass is 428 g/mol. The Labute approximate surface area is 177 Å². The summed E-state index contributed by atoms with van der Waals surface area (Å²) >= 11 is 1.60. The number of aryl methyl sites for hydroxylation is 2. The maximum Gasteiger partial charge on any atom is 0.262 e. The first kappa shape index (κ1) is 20.3. The molecule has 2 amide bonds. The van der Waals surface area contributed by atoms with E-state index in [1.54, 1.807) is 29.7 Å². The van der Waals surface area contributed by atoms with Crippen molar-refractivity contribution in [2.75, 3.05) is 6.54 Å². The van der Waals surface area contributed by atoms with E-state index >= 15 is 0 Å². The molecule has 4 rings (SSSR count). The van der Waals surface area contributed by atoms with E-state index in [1.807, 2.05) is 0 Å². The standard InChI is InChI=1S/C21H24N4O4S/c26-17(23-11-14-5-4-10-29-14)8-3-9-22-18(27)12-25-13-24-20-19(21(25)28)15-6-1-2-7-16(15)30-20/h4-5,10,13H,1-3,6-9,11-12H2,(H,22,27)(H,23,26). The first-order chi connectivity index (χ1) is 14.6. The van der Waals surface area contributed by atoms with Crippen LogP contribution in [-0.4, -0.2) is 27.9 Å². The SMILES string of the molecule is O=C(CCCNC(=O)Cn1cnc2sc3c(c2c1=O)CCCC3)NCc1ccco1. The molecule has 0 aromatic carbocycles. The highest BCUT2D eigenvalue weighted by Gasteiger charge is 2.20. The molecule has 0 unspecified atom stereocenters. The Bertz CT molecular complexity index is 1100. The van der Waals surface area contributed by atoms with E-state index < -0.39 is 0 Å². The van der Waals surface area contributed by atoms with E-state index in [1.165, 1.54) is 15.8 Å². The molecule has 0 spiro atoms. The summed E-state index contributed by atoms with van der Waals surface area (Å²) in [6.07, 6.45) is 7.97. The third-order valence-electron chi connectivity index (χ3n) is 5.20. The van der Waals surface area contributed by atoms with Crippen molar-refractivity contribution < 1.29 is 14.0 Å². The molecule has 2 N–H and O–H groups in total. The molecule has 0 fully saturated rings. The van der Waals surface area contributed by atoms with Crippen LogP contribution < -0.4 is 16.2 Å². The van der Waals surface area contributed by atoms with E-state index in [-0.39, 0.29) is 23.9 Å². The van der Waals surface area contributed by atoms with Crippen LogP contribution in [0.4, 0.5) is 0 Å². The molecule has 3 aromatic heterocycles. The topological polar surface area (TPSA) is 106 Å². The van der Waals surface area contributed by atoms with Gasteiger partial charge in [0.2, 0.25) is 11.8 Å². The zero-order valence-corrected chi connectivity index (χ0v) is 17.4. The fraction of sp³-hybridized carbons (Fsp3) is 0.429. The number of thiophene rings is 1. The fourth-order valence-electron chi connectivity index (χ4n) is 3.67. The van der Waals surface area contributed by atoms with Crippen LogP contribution in [0.25, 0.3) is 10.2 Å².